The molecule has 1 aromatic heterocycles. The number of rotatable bonds is 3. The van der Waals surface area contributed by atoms with Gasteiger partial charge >= 0.3 is 0 Å². The molecule has 112 valence electrons. The van der Waals surface area contributed by atoms with E-state index in [1.165, 1.54) is 27.8 Å². The van der Waals surface area contributed by atoms with E-state index in [2.05, 4.69) is 0 Å². The van der Waals surface area contributed by atoms with Crippen LogP contribution >= 0.6 is 22.9 Å². The first-order valence-corrected chi connectivity index (χ1v) is 9.19. The van der Waals surface area contributed by atoms with Crippen molar-refractivity contribution in [3.05, 3.63) is 46.1 Å². The van der Waals surface area contributed by atoms with Gasteiger partial charge in [-0.2, -0.15) is 0 Å². The number of anilines is 1. The molecule has 3 nitrogen and oxygen atoms in total. The Bertz CT molecular complexity index is 801. The molecule has 0 N–H and O–H groups in total. The lowest BCUT2D eigenvalue weighted by molar-refractivity contribution is 0.594. The van der Waals surface area contributed by atoms with Crippen LogP contribution < -0.4 is 4.31 Å². The second-order valence-corrected chi connectivity index (χ2v) is 8.40. The number of halogens is 2. The van der Waals surface area contributed by atoms with Gasteiger partial charge in [0.25, 0.3) is 10.0 Å². The van der Waals surface area contributed by atoms with E-state index in [1.54, 1.807) is 12.1 Å². The molecular weight excluding hydrogens is 333 g/mol. The smallest absolute Gasteiger partial charge is 0.265 e. The zero-order chi connectivity index (χ0) is 15.2. The fraction of sp³-hybridized carbons (Fsp3) is 0.286. The number of thiophene rings is 1. The largest absolute Gasteiger partial charge is 0.273 e. The van der Waals surface area contributed by atoms with Gasteiger partial charge in [-0.3, -0.25) is 4.31 Å². The van der Waals surface area contributed by atoms with Crippen LogP contribution in [0.25, 0.3) is 0 Å². The van der Waals surface area contributed by atoms with Crippen LogP contribution in [-0.2, 0) is 22.3 Å². The zero-order valence-corrected chi connectivity index (χ0v) is 13.7. The summed E-state index contributed by atoms with van der Waals surface area (Å²) in [6.45, 7) is 2.18. The summed E-state index contributed by atoms with van der Waals surface area (Å²) in [7, 11) is -3.65. The summed E-state index contributed by atoms with van der Waals surface area (Å²) in [6, 6.07) is 5.91. The topological polar surface area (TPSA) is 37.4 Å². The van der Waals surface area contributed by atoms with Crippen LogP contribution in [0.2, 0.25) is 0 Å². The number of hydrogen-bond acceptors (Lipinski definition) is 3. The van der Waals surface area contributed by atoms with E-state index in [9.17, 15) is 12.8 Å². The van der Waals surface area contributed by atoms with E-state index in [0.717, 1.165) is 16.0 Å². The highest BCUT2D eigenvalue weighted by Crippen LogP contribution is 2.36. The van der Waals surface area contributed by atoms with E-state index >= 15 is 0 Å². The number of benzene rings is 1. The summed E-state index contributed by atoms with van der Waals surface area (Å²) in [5.74, 6) is -0.142. The molecule has 0 saturated carbocycles. The summed E-state index contributed by atoms with van der Waals surface area (Å²) in [5, 5.41) is 0. The number of nitrogens with zero attached hydrogens (tertiary/aromatic N) is 1. The maximum Gasteiger partial charge on any atom is 0.273 e. The molecule has 0 radical (unpaired) electrons. The molecule has 0 saturated heterocycles. The molecular formula is C14H13ClFNO2S2. The molecule has 0 amide bonds. The van der Waals surface area contributed by atoms with Gasteiger partial charge in [0.05, 0.1) is 11.6 Å². The van der Waals surface area contributed by atoms with Crippen LogP contribution in [0.5, 0.6) is 0 Å². The molecule has 0 spiro atoms. The van der Waals surface area contributed by atoms with Gasteiger partial charge in [-0.1, -0.05) is 6.07 Å². The van der Waals surface area contributed by atoms with Crippen molar-refractivity contribution in [2.75, 3.05) is 10.8 Å². The maximum absolute atomic E-state index is 13.4. The summed E-state index contributed by atoms with van der Waals surface area (Å²) in [6.07, 6.45) is 0.599. The number of alkyl halides is 1. The van der Waals surface area contributed by atoms with Crippen molar-refractivity contribution >= 4 is 38.6 Å². The van der Waals surface area contributed by atoms with Gasteiger partial charge in [0.15, 0.2) is 0 Å². The SMILES string of the molecule is Cc1cc(S(=O)(=O)N2CCc3ccc(F)cc32)sc1CCl. The standard InChI is InChI=1S/C14H13ClFNO2S2/c1-9-6-14(20-13(9)8-15)21(18,19)17-5-4-10-2-3-11(16)7-12(10)17/h2-3,6-7H,4-5,8H2,1H3. The lowest BCUT2D eigenvalue weighted by atomic mass is 10.2. The quantitative estimate of drug-likeness (QED) is 0.796. The molecule has 2 aromatic rings. The first kappa shape index (κ1) is 14.8. The molecule has 0 aliphatic carbocycles. The van der Waals surface area contributed by atoms with E-state index in [1.807, 2.05) is 6.92 Å². The van der Waals surface area contributed by atoms with Gasteiger partial charge in [0, 0.05) is 11.4 Å². The average Bonchev–Trinajstić information content (AvgIpc) is 3.02. The minimum Gasteiger partial charge on any atom is -0.265 e. The van der Waals surface area contributed by atoms with Crippen LogP contribution in [-0.4, -0.2) is 15.0 Å². The van der Waals surface area contributed by atoms with Gasteiger partial charge < -0.3 is 0 Å². The number of hydrogen-bond donors (Lipinski definition) is 0. The highest BCUT2D eigenvalue weighted by atomic mass is 35.5. The Kier molecular flexibility index (Phi) is 3.71. The summed E-state index contributed by atoms with van der Waals surface area (Å²) < 4.78 is 40.5. The summed E-state index contributed by atoms with van der Waals surface area (Å²) in [4.78, 5) is 0.842. The second-order valence-electron chi connectivity index (χ2n) is 4.91. The number of sulfonamides is 1. The predicted molar refractivity (Wildman–Crippen MR) is 83.2 cm³/mol. The van der Waals surface area contributed by atoms with Crippen molar-refractivity contribution < 1.29 is 12.8 Å². The fourth-order valence-corrected chi connectivity index (χ4v) is 5.85. The van der Waals surface area contributed by atoms with Crippen molar-refractivity contribution in [2.24, 2.45) is 0 Å². The Morgan fingerprint density at radius 1 is 1.38 bits per heavy atom. The Morgan fingerprint density at radius 2 is 2.14 bits per heavy atom. The lowest BCUT2D eigenvalue weighted by Gasteiger charge is -2.18. The molecule has 0 unspecified atom stereocenters. The first-order chi connectivity index (χ1) is 9.93. The molecule has 1 aromatic carbocycles. The Morgan fingerprint density at radius 3 is 2.81 bits per heavy atom. The lowest BCUT2D eigenvalue weighted by Crippen LogP contribution is -2.28. The van der Waals surface area contributed by atoms with E-state index in [-0.39, 0.29) is 10.1 Å². The highest BCUT2D eigenvalue weighted by molar-refractivity contribution is 7.94. The minimum atomic E-state index is -3.65. The van der Waals surface area contributed by atoms with Crippen molar-refractivity contribution in [1.82, 2.24) is 0 Å². The Balaban J connectivity index is 2.06. The molecule has 1 aliphatic heterocycles. The Labute approximate surface area is 132 Å². The molecule has 0 atom stereocenters. The predicted octanol–water partition coefficient (Wildman–Crippen LogP) is 3.69. The highest BCUT2D eigenvalue weighted by Gasteiger charge is 2.32. The van der Waals surface area contributed by atoms with Crippen molar-refractivity contribution in [1.29, 1.82) is 0 Å². The van der Waals surface area contributed by atoms with Crippen LogP contribution in [0.15, 0.2) is 28.5 Å². The van der Waals surface area contributed by atoms with Gasteiger partial charge in [0.2, 0.25) is 0 Å². The monoisotopic (exact) mass is 345 g/mol. The Hall–Kier alpha value is -1.11. The third-order valence-electron chi connectivity index (χ3n) is 3.56. The molecule has 7 heteroatoms. The summed E-state index contributed by atoms with van der Waals surface area (Å²) >= 11 is 6.99. The minimum absolute atomic E-state index is 0.257. The third-order valence-corrected chi connectivity index (χ3v) is 7.49. The molecule has 2 heterocycles. The molecule has 1 aliphatic rings. The number of aryl methyl sites for hydroxylation is 1. The van der Waals surface area contributed by atoms with Gasteiger partial charge in [-0.05, 0) is 42.7 Å². The van der Waals surface area contributed by atoms with Crippen LogP contribution in [0, 0.1) is 12.7 Å². The normalized spacial score (nSPS) is 14.5. The molecule has 3 rings (SSSR count). The number of fused-ring (bicyclic) bond motifs is 1. The zero-order valence-electron chi connectivity index (χ0n) is 11.3. The van der Waals surface area contributed by atoms with Crippen molar-refractivity contribution in [3.63, 3.8) is 0 Å². The van der Waals surface area contributed by atoms with Crippen molar-refractivity contribution in [3.8, 4) is 0 Å². The fourth-order valence-electron chi connectivity index (χ4n) is 2.43. The van der Waals surface area contributed by atoms with Gasteiger partial charge in [-0.25, -0.2) is 12.8 Å². The third kappa shape index (κ3) is 2.45. The van der Waals surface area contributed by atoms with Crippen LogP contribution in [0.1, 0.15) is 16.0 Å². The van der Waals surface area contributed by atoms with Gasteiger partial charge in [0.1, 0.15) is 10.0 Å². The van der Waals surface area contributed by atoms with E-state index in [0.29, 0.717) is 18.7 Å². The van der Waals surface area contributed by atoms with E-state index < -0.39 is 15.8 Å². The second kappa shape index (κ2) is 5.26. The van der Waals surface area contributed by atoms with Crippen LogP contribution in [0.4, 0.5) is 10.1 Å². The summed E-state index contributed by atoms with van der Waals surface area (Å²) in [5.41, 5.74) is 2.16. The molecule has 0 bridgehead atoms. The maximum atomic E-state index is 13.4. The first-order valence-electron chi connectivity index (χ1n) is 6.40. The van der Waals surface area contributed by atoms with Crippen LogP contribution in [0.3, 0.4) is 0 Å². The molecule has 21 heavy (non-hydrogen) atoms. The average molecular weight is 346 g/mol. The van der Waals surface area contributed by atoms with Crippen molar-refractivity contribution in [2.45, 2.75) is 23.4 Å². The van der Waals surface area contributed by atoms with E-state index in [4.69, 9.17) is 11.6 Å². The molecule has 0 fully saturated rings. The van der Waals surface area contributed by atoms with Gasteiger partial charge in [-0.15, -0.1) is 22.9 Å².